The van der Waals surface area contributed by atoms with E-state index in [0.29, 0.717) is 5.02 Å². The van der Waals surface area contributed by atoms with Crippen LogP contribution in [-0.4, -0.2) is 24.9 Å². The van der Waals surface area contributed by atoms with Crippen LogP contribution in [0.15, 0.2) is 42.5 Å². The quantitative estimate of drug-likeness (QED) is 0.616. The Morgan fingerprint density at radius 1 is 1.21 bits per heavy atom. The smallest absolute Gasteiger partial charge is 0.244 e. The zero-order chi connectivity index (χ0) is 17.4. The summed E-state index contributed by atoms with van der Waals surface area (Å²) in [5.74, 6) is 1.61. The fourth-order valence-corrected chi connectivity index (χ4v) is 3.09. The number of halogens is 1. The number of hydrogen-bond acceptors (Lipinski definition) is 3. The normalized spacial score (nSPS) is 10.3. The van der Waals surface area contributed by atoms with Crippen LogP contribution in [0.2, 0.25) is 5.02 Å². The van der Waals surface area contributed by atoms with Gasteiger partial charge in [0, 0.05) is 26.4 Å². The number of nitrogens with one attached hydrogen (secondary N) is 2. The summed E-state index contributed by atoms with van der Waals surface area (Å²) in [5, 5.41) is 5.64. The van der Waals surface area contributed by atoms with Crippen LogP contribution >= 0.6 is 22.9 Å². The maximum Gasteiger partial charge on any atom is 0.244 e. The van der Waals surface area contributed by atoms with Crippen LogP contribution in [0.4, 0.5) is 0 Å². The van der Waals surface area contributed by atoms with E-state index in [1.807, 2.05) is 36.4 Å². The van der Waals surface area contributed by atoms with Crippen molar-refractivity contribution in [1.29, 1.82) is 0 Å². The van der Waals surface area contributed by atoms with Crippen LogP contribution in [0.25, 0.3) is 16.5 Å². The van der Waals surface area contributed by atoms with Gasteiger partial charge in [-0.25, -0.2) is 0 Å². The minimum absolute atomic E-state index is 0.111. The first-order valence-corrected chi connectivity index (χ1v) is 8.30. The second-order valence-corrected chi connectivity index (χ2v) is 6.24. The molecule has 1 heterocycles. The van der Waals surface area contributed by atoms with E-state index >= 15 is 0 Å². The Bertz CT molecular complexity index is 805. The highest BCUT2D eigenvalue weighted by Crippen LogP contribution is 2.33. The largest absolute Gasteiger partial charge is 0.344 e. The van der Waals surface area contributed by atoms with Crippen LogP contribution in [0, 0.1) is 12.3 Å². The Labute approximate surface area is 149 Å². The summed E-state index contributed by atoms with van der Waals surface area (Å²) in [6.45, 7) is 0.0325. The topological polar surface area (TPSA) is 58.2 Å². The second kappa shape index (κ2) is 8.92. The Balaban J connectivity index is 1.91. The molecular formula is C18H15ClN2O2S. The van der Waals surface area contributed by atoms with Crippen LogP contribution in [0.1, 0.15) is 4.88 Å². The van der Waals surface area contributed by atoms with E-state index in [-0.39, 0.29) is 24.9 Å². The molecule has 24 heavy (non-hydrogen) atoms. The van der Waals surface area contributed by atoms with Crippen molar-refractivity contribution in [2.45, 2.75) is 0 Å². The van der Waals surface area contributed by atoms with Gasteiger partial charge in [0.15, 0.2) is 0 Å². The van der Waals surface area contributed by atoms with Crippen LogP contribution in [0.3, 0.4) is 0 Å². The predicted molar refractivity (Wildman–Crippen MR) is 98.7 cm³/mol. The van der Waals surface area contributed by atoms with Crippen molar-refractivity contribution in [3.05, 3.63) is 52.4 Å². The van der Waals surface area contributed by atoms with Crippen molar-refractivity contribution in [3.8, 4) is 22.8 Å². The molecule has 0 saturated carbocycles. The molecule has 0 aliphatic rings. The van der Waals surface area contributed by atoms with Gasteiger partial charge in [-0.1, -0.05) is 35.7 Å². The lowest BCUT2D eigenvalue weighted by atomic mass is 10.2. The first-order valence-electron chi connectivity index (χ1n) is 7.11. The van der Waals surface area contributed by atoms with E-state index in [1.165, 1.54) is 17.4 Å². The monoisotopic (exact) mass is 358 g/mol. The fraction of sp³-hybridized carbons (Fsp3) is 0.111. The standard InChI is InChI=1S/C18H15ClN2O2S/c1-2-11-20-18(23)12-21-17(22)10-8-13-7-9-16(24-13)14-5-3-4-6-15(14)19/h1,3-10H,11-12H2,(H,20,23)(H,21,22)/b10-8+. The van der Waals surface area contributed by atoms with Gasteiger partial charge in [-0.2, -0.15) is 0 Å². The number of thiophene rings is 1. The molecule has 2 amide bonds. The molecule has 2 N–H and O–H groups in total. The van der Waals surface area contributed by atoms with Crippen molar-refractivity contribution < 1.29 is 9.59 Å². The van der Waals surface area contributed by atoms with Crippen molar-refractivity contribution in [1.82, 2.24) is 10.6 Å². The lowest BCUT2D eigenvalue weighted by Gasteiger charge is -2.01. The first-order chi connectivity index (χ1) is 11.6. The van der Waals surface area contributed by atoms with Gasteiger partial charge in [0.25, 0.3) is 0 Å². The third-order valence-corrected chi connectivity index (χ3v) is 4.39. The molecule has 0 radical (unpaired) electrons. The van der Waals surface area contributed by atoms with Crippen molar-refractivity contribution >= 4 is 40.8 Å². The molecule has 1 aromatic heterocycles. The minimum atomic E-state index is -0.349. The van der Waals surface area contributed by atoms with E-state index < -0.39 is 0 Å². The Kier molecular flexibility index (Phi) is 6.62. The summed E-state index contributed by atoms with van der Waals surface area (Å²) in [6.07, 6.45) is 8.11. The molecule has 2 aromatic rings. The second-order valence-electron chi connectivity index (χ2n) is 4.71. The molecule has 4 nitrogen and oxygen atoms in total. The van der Waals surface area contributed by atoms with E-state index in [1.54, 1.807) is 6.08 Å². The average Bonchev–Trinajstić information content (AvgIpc) is 3.05. The lowest BCUT2D eigenvalue weighted by molar-refractivity contribution is -0.123. The molecule has 0 atom stereocenters. The molecule has 0 saturated heterocycles. The zero-order valence-electron chi connectivity index (χ0n) is 12.7. The van der Waals surface area contributed by atoms with Gasteiger partial charge in [-0.3, -0.25) is 9.59 Å². The zero-order valence-corrected chi connectivity index (χ0v) is 14.3. The molecule has 0 unspecified atom stereocenters. The number of hydrogen-bond donors (Lipinski definition) is 2. The maximum absolute atomic E-state index is 11.7. The van der Waals surface area contributed by atoms with Crippen LogP contribution in [0.5, 0.6) is 0 Å². The molecule has 0 aliphatic carbocycles. The summed E-state index contributed by atoms with van der Waals surface area (Å²) in [7, 11) is 0. The minimum Gasteiger partial charge on any atom is -0.344 e. The Hall–Kier alpha value is -2.55. The van der Waals surface area contributed by atoms with Crippen molar-refractivity contribution in [3.63, 3.8) is 0 Å². The van der Waals surface area contributed by atoms with E-state index in [2.05, 4.69) is 16.6 Å². The Morgan fingerprint density at radius 3 is 2.75 bits per heavy atom. The van der Waals surface area contributed by atoms with Gasteiger partial charge in [0.1, 0.15) is 0 Å². The summed E-state index contributed by atoms with van der Waals surface area (Å²) in [4.78, 5) is 24.9. The SMILES string of the molecule is C#CCNC(=O)CNC(=O)/C=C/c1ccc(-c2ccccc2Cl)s1. The average molecular weight is 359 g/mol. The van der Waals surface area contributed by atoms with Gasteiger partial charge >= 0.3 is 0 Å². The van der Waals surface area contributed by atoms with Crippen LogP contribution < -0.4 is 10.6 Å². The summed E-state index contributed by atoms with van der Waals surface area (Å²) < 4.78 is 0. The molecule has 0 fully saturated rings. The number of carbonyl (C=O) groups excluding carboxylic acids is 2. The van der Waals surface area contributed by atoms with Gasteiger partial charge in [0.05, 0.1) is 13.1 Å². The highest BCUT2D eigenvalue weighted by atomic mass is 35.5. The molecular weight excluding hydrogens is 344 g/mol. The Morgan fingerprint density at radius 2 is 2.00 bits per heavy atom. The number of amides is 2. The summed E-state index contributed by atoms with van der Waals surface area (Å²) in [6, 6.07) is 11.5. The number of benzene rings is 1. The molecule has 0 spiro atoms. The van der Waals surface area contributed by atoms with E-state index in [4.69, 9.17) is 18.0 Å². The fourth-order valence-electron chi connectivity index (χ4n) is 1.84. The van der Waals surface area contributed by atoms with Gasteiger partial charge < -0.3 is 10.6 Å². The molecule has 122 valence electrons. The molecule has 2 rings (SSSR count). The molecule has 0 aliphatic heterocycles. The van der Waals surface area contributed by atoms with Crippen molar-refractivity contribution in [2.75, 3.05) is 13.1 Å². The predicted octanol–water partition coefficient (Wildman–Crippen LogP) is 2.95. The summed E-state index contributed by atoms with van der Waals surface area (Å²) >= 11 is 7.70. The third kappa shape index (κ3) is 5.27. The van der Waals surface area contributed by atoms with Gasteiger partial charge in [-0.05, 0) is 24.3 Å². The number of carbonyl (C=O) groups is 2. The summed E-state index contributed by atoms with van der Waals surface area (Å²) in [5.41, 5.74) is 0.957. The van der Waals surface area contributed by atoms with Gasteiger partial charge in [-0.15, -0.1) is 17.8 Å². The highest BCUT2D eigenvalue weighted by Gasteiger charge is 2.06. The molecule has 6 heteroatoms. The third-order valence-electron chi connectivity index (χ3n) is 2.98. The maximum atomic E-state index is 11.7. The highest BCUT2D eigenvalue weighted by molar-refractivity contribution is 7.16. The van der Waals surface area contributed by atoms with Crippen LogP contribution in [-0.2, 0) is 9.59 Å². The van der Waals surface area contributed by atoms with Crippen molar-refractivity contribution in [2.24, 2.45) is 0 Å². The van der Waals surface area contributed by atoms with E-state index in [9.17, 15) is 9.59 Å². The van der Waals surface area contributed by atoms with Gasteiger partial charge in [0.2, 0.25) is 11.8 Å². The molecule has 0 bridgehead atoms. The first kappa shape index (κ1) is 17.8. The number of terminal acetylenes is 1. The molecule has 1 aromatic carbocycles. The lowest BCUT2D eigenvalue weighted by Crippen LogP contribution is -2.36. The van der Waals surface area contributed by atoms with E-state index in [0.717, 1.165) is 15.3 Å². The number of rotatable bonds is 6.